The Morgan fingerprint density at radius 2 is 2.14 bits per heavy atom. The van der Waals surface area contributed by atoms with Crippen LogP contribution >= 0.6 is 11.6 Å². The minimum Gasteiger partial charge on any atom is -0.461 e. The van der Waals surface area contributed by atoms with Gasteiger partial charge in [-0.05, 0) is 13.0 Å². The maximum Gasteiger partial charge on any atom is 0.205 e. The first-order chi connectivity index (χ1) is 6.49. The minimum atomic E-state index is -0.662. The highest BCUT2D eigenvalue weighted by Crippen LogP contribution is 2.41. The molecular weight excluding hydrogens is 200 g/mol. The van der Waals surface area contributed by atoms with Crippen LogP contribution in [0.2, 0.25) is 5.02 Å². The van der Waals surface area contributed by atoms with Crippen molar-refractivity contribution < 1.29 is 9.47 Å². The van der Waals surface area contributed by atoms with E-state index < -0.39 is 5.79 Å². The summed E-state index contributed by atoms with van der Waals surface area (Å²) >= 11 is 6.03. The molecule has 1 heterocycles. The molecule has 0 aliphatic carbocycles. The quantitative estimate of drug-likeness (QED) is 0.655. The number of para-hydroxylation sites is 1. The number of halogens is 1. The van der Waals surface area contributed by atoms with Gasteiger partial charge in [-0.1, -0.05) is 23.7 Å². The predicted molar refractivity (Wildman–Crippen MR) is 55.3 cm³/mol. The van der Waals surface area contributed by atoms with Crippen LogP contribution in [0.3, 0.4) is 0 Å². The van der Waals surface area contributed by atoms with Crippen LogP contribution in [0.4, 0.5) is 0 Å². The standard InChI is InChI=1S/C11H12ClO2/c1-7-8-5-4-6-9(12)10(8)14-11(2,3)13-7/h4-7H,1H2,2-3H3/t7-/m1/s1. The zero-order valence-electron chi connectivity index (χ0n) is 8.21. The monoisotopic (exact) mass is 211 g/mol. The molecule has 14 heavy (non-hydrogen) atoms. The summed E-state index contributed by atoms with van der Waals surface area (Å²) in [6.07, 6.45) is -0.229. The van der Waals surface area contributed by atoms with Crippen LogP contribution in [-0.4, -0.2) is 5.79 Å². The van der Waals surface area contributed by atoms with E-state index in [-0.39, 0.29) is 6.10 Å². The Labute approximate surface area is 88.8 Å². The fraction of sp³-hybridized carbons (Fsp3) is 0.364. The van der Waals surface area contributed by atoms with E-state index in [1.807, 2.05) is 26.0 Å². The van der Waals surface area contributed by atoms with Gasteiger partial charge in [0.2, 0.25) is 5.79 Å². The van der Waals surface area contributed by atoms with Crippen molar-refractivity contribution in [3.63, 3.8) is 0 Å². The Kier molecular flexibility index (Phi) is 2.20. The smallest absolute Gasteiger partial charge is 0.205 e. The summed E-state index contributed by atoms with van der Waals surface area (Å²) in [5, 5.41) is 0.604. The average molecular weight is 212 g/mol. The molecule has 1 aromatic rings. The van der Waals surface area contributed by atoms with Crippen molar-refractivity contribution >= 4 is 11.6 Å². The first-order valence-electron chi connectivity index (χ1n) is 4.48. The van der Waals surface area contributed by atoms with Crippen molar-refractivity contribution in [2.24, 2.45) is 0 Å². The highest BCUT2D eigenvalue weighted by atomic mass is 35.5. The molecule has 1 aliphatic heterocycles. The average Bonchev–Trinajstić information content (AvgIpc) is 2.05. The predicted octanol–water partition coefficient (Wildman–Crippen LogP) is 3.36. The molecule has 2 rings (SSSR count). The van der Waals surface area contributed by atoms with Crippen molar-refractivity contribution in [1.29, 1.82) is 0 Å². The Bertz CT molecular complexity index is 360. The van der Waals surface area contributed by atoms with E-state index in [9.17, 15) is 0 Å². The fourth-order valence-corrected chi connectivity index (χ4v) is 1.78. The van der Waals surface area contributed by atoms with Crippen LogP contribution < -0.4 is 4.74 Å². The van der Waals surface area contributed by atoms with Gasteiger partial charge in [-0.3, -0.25) is 0 Å². The fourth-order valence-electron chi connectivity index (χ4n) is 1.56. The second-order valence-electron chi connectivity index (χ2n) is 3.77. The lowest BCUT2D eigenvalue weighted by molar-refractivity contribution is -0.195. The lowest BCUT2D eigenvalue weighted by Gasteiger charge is -2.36. The summed E-state index contributed by atoms with van der Waals surface area (Å²) in [6.45, 7) is 7.60. The largest absolute Gasteiger partial charge is 0.461 e. The molecule has 0 bridgehead atoms. The zero-order chi connectivity index (χ0) is 10.3. The van der Waals surface area contributed by atoms with Crippen LogP contribution in [0.5, 0.6) is 5.75 Å². The van der Waals surface area contributed by atoms with Crippen molar-refractivity contribution in [3.8, 4) is 5.75 Å². The van der Waals surface area contributed by atoms with Crippen LogP contribution in [0, 0.1) is 6.92 Å². The number of benzene rings is 1. The lowest BCUT2D eigenvalue weighted by atomic mass is 10.1. The molecule has 0 unspecified atom stereocenters. The molecule has 0 saturated carbocycles. The third-order valence-electron chi connectivity index (χ3n) is 2.12. The second-order valence-corrected chi connectivity index (χ2v) is 4.17. The highest BCUT2D eigenvalue weighted by molar-refractivity contribution is 6.32. The maximum atomic E-state index is 6.03. The Balaban J connectivity index is 2.51. The van der Waals surface area contributed by atoms with Crippen molar-refractivity contribution in [2.75, 3.05) is 0 Å². The van der Waals surface area contributed by atoms with Crippen LogP contribution in [-0.2, 0) is 4.74 Å². The first-order valence-corrected chi connectivity index (χ1v) is 4.86. The molecule has 1 aliphatic rings. The van der Waals surface area contributed by atoms with Gasteiger partial charge in [0.25, 0.3) is 0 Å². The molecule has 0 saturated heterocycles. The summed E-state index contributed by atoms with van der Waals surface area (Å²) in [6, 6.07) is 5.58. The molecule has 0 spiro atoms. The van der Waals surface area contributed by atoms with E-state index in [2.05, 4.69) is 6.92 Å². The molecule has 0 N–H and O–H groups in total. The first kappa shape index (κ1) is 9.81. The normalized spacial score (nSPS) is 23.9. The van der Waals surface area contributed by atoms with E-state index >= 15 is 0 Å². The van der Waals surface area contributed by atoms with Crippen molar-refractivity contribution in [3.05, 3.63) is 35.7 Å². The number of ether oxygens (including phenoxy) is 2. The summed E-state index contributed by atoms with van der Waals surface area (Å²) in [5.41, 5.74) is 0.900. The molecule has 1 radical (unpaired) electrons. The van der Waals surface area contributed by atoms with Gasteiger partial charge >= 0.3 is 0 Å². The summed E-state index contributed by atoms with van der Waals surface area (Å²) in [5.74, 6) is 0.0233. The van der Waals surface area contributed by atoms with Gasteiger partial charge in [-0.25, -0.2) is 0 Å². The van der Waals surface area contributed by atoms with Gasteiger partial charge in [0.15, 0.2) is 0 Å². The van der Waals surface area contributed by atoms with E-state index in [4.69, 9.17) is 21.1 Å². The molecule has 2 nitrogen and oxygen atoms in total. The number of rotatable bonds is 0. The molecule has 3 heteroatoms. The summed E-state index contributed by atoms with van der Waals surface area (Å²) in [4.78, 5) is 0. The van der Waals surface area contributed by atoms with E-state index in [1.165, 1.54) is 0 Å². The number of hydrogen-bond donors (Lipinski definition) is 0. The van der Waals surface area contributed by atoms with Gasteiger partial charge in [0, 0.05) is 19.4 Å². The number of hydrogen-bond acceptors (Lipinski definition) is 2. The van der Waals surface area contributed by atoms with Gasteiger partial charge in [0.1, 0.15) is 5.75 Å². The third kappa shape index (κ3) is 1.60. The maximum absolute atomic E-state index is 6.03. The second kappa shape index (κ2) is 3.14. The third-order valence-corrected chi connectivity index (χ3v) is 2.42. The molecular formula is C11H12ClO2. The topological polar surface area (TPSA) is 18.5 Å². The van der Waals surface area contributed by atoms with Gasteiger partial charge < -0.3 is 9.47 Å². The van der Waals surface area contributed by atoms with Crippen LogP contribution in [0.1, 0.15) is 25.5 Å². The lowest BCUT2D eigenvalue weighted by Crippen LogP contribution is -2.37. The molecule has 0 amide bonds. The van der Waals surface area contributed by atoms with Crippen LogP contribution in [0.15, 0.2) is 18.2 Å². The Morgan fingerprint density at radius 3 is 2.86 bits per heavy atom. The van der Waals surface area contributed by atoms with Crippen LogP contribution in [0.25, 0.3) is 0 Å². The molecule has 75 valence electrons. The van der Waals surface area contributed by atoms with Gasteiger partial charge in [-0.15, -0.1) is 0 Å². The SMILES string of the molecule is [CH2][C@H]1OC(C)(C)Oc2c(Cl)cccc21. The molecule has 0 fully saturated rings. The van der Waals surface area contributed by atoms with E-state index in [0.717, 1.165) is 5.56 Å². The van der Waals surface area contributed by atoms with Crippen molar-refractivity contribution in [1.82, 2.24) is 0 Å². The Hall–Kier alpha value is -0.730. The van der Waals surface area contributed by atoms with Gasteiger partial charge in [0.05, 0.1) is 11.1 Å². The Morgan fingerprint density at radius 1 is 1.43 bits per heavy atom. The number of fused-ring (bicyclic) bond motifs is 1. The van der Waals surface area contributed by atoms with E-state index in [0.29, 0.717) is 10.8 Å². The van der Waals surface area contributed by atoms with E-state index in [1.54, 1.807) is 6.07 Å². The molecule has 0 aromatic heterocycles. The highest BCUT2D eigenvalue weighted by Gasteiger charge is 2.33. The molecule has 1 aromatic carbocycles. The molecule has 1 atom stereocenters. The van der Waals surface area contributed by atoms with Crippen molar-refractivity contribution in [2.45, 2.75) is 25.7 Å². The summed E-state index contributed by atoms with van der Waals surface area (Å²) < 4.78 is 11.2. The summed E-state index contributed by atoms with van der Waals surface area (Å²) in [7, 11) is 0. The zero-order valence-corrected chi connectivity index (χ0v) is 8.97. The minimum absolute atomic E-state index is 0.229. The van der Waals surface area contributed by atoms with Gasteiger partial charge in [-0.2, -0.15) is 0 Å².